The summed E-state index contributed by atoms with van der Waals surface area (Å²) in [5.41, 5.74) is 2.37. The van der Waals surface area contributed by atoms with Crippen molar-refractivity contribution < 1.29 is 31.1 Å². The molecule has 0 unspecified atom stereocenters. The van der Waals surface area contributed by atoms with Crippen LogP contribution in [0.2, 0.25) is 0 Å². The van der Waals surface area contributed by atoms with Crippen LogP contribution in [0.5, 0.6) is 0 Å². The van der Waals surface area contributed by atoms with Crippen molar-refractivity contribution in [3.63, 3.8) is 0 Å². The number of rotatable bonds is 0. The van der Waals surface area contributed by atoms with E-state index in [9.17, 15) is 0 Å². The van der Waals surface area contributed by atoms with Crippen molar-refractivity contribution in [3.05, 3.63) is 49.2 Å². The van der Waals surface area contributed by atoms with E-state index < -0.39 is 0 Å². The summed E-state index contributed by atoms with van der Waals surface area (Å²) in [5, 5.41) is 0. The van der Waals surface area contributed by atoms with Gasteiger partial charge in [0.1, 0.15) is 0 Å². The van der Waals surface area contributed by atoms with Gasteiger partial charge in [-0.05, 0) is 6.92 Å². The van der Waals surface area contributed by atoms with Crippen molar-refractivity contribution in [2.75, 3.05) is 0 Å². The molecule has 0 aliphatic heterocycles. The van der Waals surface area contributed by atoms with E-state index in [-0.39, 0.29) is 31.1 Å². The zero-order valence-electron chi connectivity index (χ0n) is 7.22. The molecular weight excluding hydrogens is 358 g/mol. The van der Waals surface area contributed by atoms with Crippen molar-refractivity contribution in [2.24, 2.45) is 0 Å². The van der Waals surface area contributed by atoms with Gasteiger partial charge in [-0.15, -0.1) is 12.1 Å². The van der Waals surface area contributed by atoms with E-state index in [0.29, 0.717) is 0 Å². The topological polar surface area (TPSA) is 0 Å². The van der Waals surface area contributed by atoms with Crippen LogP contribution in [0, 0.1) is 51.9 Å². The molecule has 0 heterocycles. The Morgan fingerprint density at radius 1 is 1.00 bits per heavy atom. The molecule has 1 aromatic carbocycles. The molecule has 0 saturated heterocycles. The maximum atomic E-state index is 3.76. The first-order chi connectivity index (χ1) is 4.79. The Morgan fingerprint density at radius 3 is 1.64 bits per heavy atom. The quantitative estimate of drug-likeness (QED) is 0.615. The van der Waals surface area contributed by atoms with E-state index in [0.717, 1.165) is 5.56 Å². The Kier molecular flexibility index (Phi) is 10.3. The maximum absolute atomic E-state index is 3.76. The van der Waals surface area contributed by atoms with Crippen LogP contribution < -0.4 is 0 Å². The zero-order chi connectivity index (χ0) is 7.98. The van der Waals surface area contributed by atoms with E-state index in [2.05, 4.69) is 32.9 Å². The van der Waals surface area contributed by atoms with Crippen molar-refractivity contribution in [1.29, 1.82) is 0 Å². The average Bonchev–Trinajstić information content (AvgIpc) is 2.00. The Labute approximate surface area is 93.8 Å². The minimum absolute atomic E-state index is 0. The molecule has 58 valence electrons. The minimum Gasteiger partial charge on any atom is -0.346 e. The molecule has 0 aromatic heterocycles. The second kappa shape index (κ2) is 8.24. The van der Waals surface area contributed by atoms with Gasteiger partial charge in [0.2, 0.25) is 0 Å². The van der Waals surface area contributed by atoms with E-state index in [1.165, 1.54) is 5.56 Å². The van der Waals surface area contributed by atoms with Crippen molar-refractivity contribution in [1.82, 2.24) is 0 Å². The number of hydrogen-bond donors (Lipinski definition) is 0. The normalized spacial score (nSPS) is 7.18. The molecule has 1 heteroatoms. The van der Waals surface area contributed by atoms with E-state index >= 15 is 0 Å². The van der Waals surface area contributed by atoms with Crippen LogP contribution in [0.1, 0.15) is 18.1 Å². The summed E-state index contributed by atoms with van der Waals surface area (Å²) < 4.78 is 0. The Balaban J connectivity index is 0. The monoisotopic (exact) mass is 372 g/mol. The van der Waals surface area contributed by atoms with Crippen LogP contribution in [0.4, 0.5) is 0 Å². The molecule has 1 rings (SSSR count). The smallest absolute Gasteiger partial charge is 0.346 e. The van der Waals surface area contributed by atoms with Crippen LogP contribution >= 0.6 is 0 Å². The molecule has 0 aliphatic carbocycles. The van der Waals surface area contributed by atoms with Crippen molar-refractivity contribution in [2.45, 2.75) is 13.8 Å². The summed E-state index contributed by atoms with van der Waals surface area (Å²) in [5.74, 6) is 0. The van der Waals surface area contributed by atoms with Gasteiger partial charge < -0.3 is 6.92 Å². The molecule has 0 atom stereocenters. The molecule has 0 saturated carbocycles. The van der Waals surface area contributed by atoms with Gasteiger partial charge in [0, 0.05) is 0 Å². The predicted molar refractivity (Wildman–Crippen MR) is 46.7 cm³/mol. The third-order valence-corrected chi connectivity index (χ3v) is 1.12. The molecule has 0 nitrogen and oxygen atoms in total. The van der Waals surface area contributed by atoms with Gasteiger partial charge >= 0.3 is 31.1 Å². The second-order valence-electron chi connectivity index (χ2n) is 1.99. The molecule has 0 radical (unpaired) electrons. The third kappa shape index (κ3) is 6.54. The number of benzene rings is 1. The van der Waals surface area contributed by atoms with Crippen LogP contribution in [0.25, 0.3) is 0 Å². The fraction of sp³-hybridized carbons (Fsp3) is 0.200. The Bertz CT molecular complexity index is 144. The van der Waals surface area contributed by atoms with E-state index in [1.807, 2.05) is 12.1 Å². The first kappa shape index (κ1) is 13.7. The molecule has 1 aromatic rings. The van der Waals surface area contributed by atoms with Gasteiger partial charge in [-0.2, -0.15) is 31.5 Å². The number of hydrogen-bond acceptors (Lipinski definition) is 0. The fourth-order valence-corrected chi connectivity index (χ4v) is 0.588. The van der Waals surface area contributed by atoms with Gasteiger partial charge in [-0.3, -0.25) is 0 Å². The SMILES string of the molecule is [CH2-]C.[CH2-]c1ccc(C)cc1.[U+2]. The maximum Gasteiger partial charge on any atom is 2.00 e. The fourth-order valence-electron chi connectivity index (χ4n) is 0.588. The predicted octanol–water partition coefficient (Wildman–Crippen LogP) is 3.02. The van der Waals surface area contributed by atoms with Crippen molar-refractivity contribution in [3.8, 4) is 0 Å². The summed E-state index contributed by atoms with van der Waals surface area (Å²) in [4.78, 5) is 0. The molecule has 11 heavy (non-hydrogen) atoms. The molecule has 0 fully saturated rings. The van der Waals surface area contributed by atoms with Crippen LogP contribution in [-0.2, 0) is 0 Å². The summed E-state index contributed by atoms with van der Waals surface area (Å²) in [6, 6.07) is 8.13. The second-order valence-corrected chi connectivity index (χ2v) is 1.99. The first-order valence-corrected chi connectivity index (χ1v) is 3.38. The van der Waals surface area contributed by atoms with Gasteiger partial charge in [0.15, 0.2) is 0 Å². The van der Waals surface area contributed by atoms with E-state index in [1.54, 1.807) is 6.92 Å². The molecule has 0 N–H and O–H groups in total. The van der Waals surface area contributed by atoms with Gasteiger partial charge in [0.25, 0.3) is 0 Å². The Morgan fingerprint density at radius 2 is 1.36 bits per heavy atom. The van der Waals surface area contributed by atoms with Crippen LogP contribution in [0.3, 0.4) is 0 Å². The molecule has 0 spiro atoms. The van der Waals surface area contributed by atoms with Gasteiger partial charge in [-0.1, -0.05) is 5.56 Å². The molecule has 0 amide bonds. The van der Waals surface area contributed by atoms with Crippen LogP contribution in [0.15, 0.2) is 24.3 Å². The summed E-state index contributed by atoms with van der Waals surface area (Å²) >= 11 is 0. The summed E-state index contributed by atoms with van der Waals surface area (Å²) in [6.45, 7) is 10.8. The van der Waals surface area contributed by atoms with Gasteiger partial charge in [-0.25, -0.2) is 0 Å². The molecule has 0 bridgehead atoms. The van der Waals surface area contributed by atoms with Crippen LogP contribution in [-0.4, -0.2) is 0 Å². The van der Waals surface area contributed by atoms with Crippen molar-refractivity contribution >= 4 is 0 Å². The summed E-state index contributed by atoms with van der Waals surface area (Å²) in [7, 11) is 0. The molecular formula is C10H14U. The third-order valence-electron chi connectivity index (χ3n) is 1.12. The number of aryl methyl sites for hydroxylation is 1. The molecule has 0 aliphatic rings. The van der Waals surface area contributed by atoms with Gasteiger partial charge in [0.05, 0.1) is 0 Å². The zero-order valence-corrected chi connectivity index (χ0v) is 11.4. The summed E-state index contributed by atoms with van der Waals surface area (Å²) in [6.07, 6.45) is 0. The Hall–Kier alpha value is 0.142. The standard InChI is InChI=1S/C8H9.C2H5.U/c1-7-3-5-8(2)6-4-7;1-2;/h3-6H,1H2,2H3;1H2,2H3;/q2*-1;+2. The largest absolute Gasteiger partial charge is 2.00 e. The average molecular weight is 372 g/mol. The first-order valence-electron chi connectivity index (χ1n) is 3.38. The minimum atomic E-state index is 0. The van der Waals surface area contributed by atoms with E-state index in [4.69, 9.17) is 0 Å².